The van der Waals surface area contributed by atoms with Gasteiger partial charge in [-0.25, -0.2) is 0 Å². The third-order valence-corrected chi connectivity index (χ3v) is 0. The standard InChI is InChI=1S/Ba.H2O.Pt.W.Y.2H/h;1H2;;;;;/q+2;;;;;2*-1. The van der Waals surface area contributed by atoms with Gasteiger partial charge < -0.3 is 8.33 Å². The second-order valence-electron chi connectivity index (χ2n) is 0. The Hall–Kier alpha value is 4.01. The van der Waals surface area contributed by atoms with Crippen molar-refractivity contribution in [3.8, 4) is 0 Å². The van der Waals surface area contributed by atoms with E-state index in [9.17, 15) is 0 Å². The first-order chi connectivity index (χ1) is 0. The first-order valence-electron chi connectivity index (χ1n) is 0. The molecule has 2 N–H and O–H groups in total. The van der Waals surface area contributed by atoms with Crippen molar-refractivity contribution < 1.29 is 83.2 Å². The molecule has 1 nitrogen and oxygen atoms in total. The minimum atomic E-state index is 0. The molecule has 0 saturated carbocycles. The summed E-state index contributed by atoms with van der Waals surface area (Å²) in [4.78, 5) is 0. The topological polar surface area (TPSA) is 31.5 Å². The van der Waals surface area contributed by atoms with Gasteiger partial charge in [-0.05, 0) is 0 Å². The second-order valence-corrected chi connectivity index (χ2v) is 0. The summed E-state index contributed by atoms with van der Waals surface area (Å²) in [5.74, 6) is 0. The van der Waals surface area contributed by atoms with E-state index < -0.39 is 0 Å². The van der Waals surface area contributed by atoms with Crippen LogP contribution in [0.5, 0.6) is 0 Å². The predicted octanol–water partition coefficient (Wildman–Crippen LogP) is -0.988. The Bertz CT molecular complexity index is 17.7. The van der Waals surface area contributed by atoms with Crippen LogP contribution in [-0.4, -0.2) is 54.4 Å². The van der Waals surface area contributed by atoms with Crippen LogP contribution < -0.4 is 0 Å². The Morgan fingerprint density at radius 3 is 1.20 bits per heavy atom. The van der Waals surface area contributed by atoms with Crippen molar-refractivity contribution in [3.05, 3.63) is 0 Å². The summed E-state index contributed by atoms with van der Waals surface area (Å²) in [7, 11) is 0. The quantitative estimate of drug-likeness (QED) is 0.311. The maximum Gasteiger partial charge on any atom is 2.00 e. The van der Waals surface area contributed by atoms with E-state index in [-0.39, 0.29) is 132 Å². The van der Waals surface area contributed by atoms with Crippen molar-refractivity contribution in [2.24, 2.45) is 0 Å². The minimum absolute atomic E-state index is 0. The monoisotopic (exact) mass is 626 g/mol. The van der Waals surface area contributed by atoms with Gasteiger partial charge in [-0.15, -0.1) is 0 Å². The normalized spacial score (nSPS) is 0. The third-order valence-electron chi connectivity index (χ3n) is 0. The van der Waals surface area contributed by atoms with Gasteiger partial charge in [-0.1, -0.05) is 0 Å². The Morgan fingerprint density at radius 2 is 1.20 bits per heavy atom. The van der Waals surface area contributed by atoms with Crippen LogP contribution in [0, 0.1) is 0 Å². The molecule has 0 aromatic heterocycles. The molecule has 0 aliphatic rings. The van der Waals surface area contributed by atoms with E-state index in [1.54, 1.807) is 0 Å². The van der Waals surface area contributed by atoms with E-state index in [0.717, 1.165) is 0 Å². The minimum Gasteiger partial charge on any atom is -1.00 e. The molecule has 0 aromatic carbocycles. The Balaban J connectivity index is 0. The van der Waals surface area contributed by atoms with Crippen LogP contribution in [-0.2, 0) is 74.8 Å². The summed E-state index contributed by atoms with van der Waals surface area (Å²) in [6.07, 6.45) is 0. The number of hydrogen-bond acceptors (Lipinski definition) is 0. The summed E-state index contributed by atoms with van der Waals surface area (Å²) in [5, 5.41) is 0. The van der Waals surface area contributed by atoms with E-state index in [0.29, 0.717) is 0 Å². The molecule has 0 rings (SSSR count). The van der Waals surface area contributed by atoms with Crippen molar-refractivity contribution in [2.75, 3.05) is 0 Å². The van der Waals surface area contributed by atoms with Gasteiger partial charge in [-0.3, -0.25) is 0 Å². The molecular weight excluding hydrogens is 621 g/mol. The summed E-state index contributed by atoms with van der Waals surface area (Å²) < 4.78 is 0. The fraction of sp³-hybridized carbons (Fsp3) is 0. The molecule has 0 fully saturated rings. The Labute approximate surface area is 129 Å². The van der Waals surface area contributed by atoms with Gasteiger partial charge in [0.25, 0.3) is 0 Å². The molecule has 0 atom stereocenters. The zero-order valence-electron chi connectivity index (χ0n) is 4.51. The summed E-state index contributed by atoms with van der Waals surface area (Å²) in [6.45, 7) is 0. The average molecular weight is 625 g/mol. The van der Waals surface area contributed by atoms with Crippen molar-refractivity contribution >= 4 is 48.9 Å². The van der Waals surface area contributed by atoms with Crippen LogP contribution in [0.25, 0.3) is 0 Å². The number of rotatable bonds is 0. The Morgan fingerprint density at radius 1 is 1.20 bits per heavy atom. The van der Waals surface area contributed by atoms with Crippen LogP contribution in [0.1, 0.15) is 2.85 Å². The summed E-state index contributed by atoms with van der Waals surface area (Å²) in [6, 6.07) is 0. The fourth-order valence-corrected chi connectivity index (χ4v) is 0. The van der Waals surface area contributed by atoms with E-state index in [2.05, 4.69) is 0 Å². The van der Waals surface area contributed by atoms with Crippen molar-refractivity contribution in [1.82, 2.24) is 0 Å². The van der Waals surface area contributed by atoms with Crippen molar-refractivity contribution in [3.63, 3.8) is 0 Å². The largest absolute Gasteiger partial charge is 2.00 e. The van der Waals surface area contributed by atoms with Gasteiger partial charge in [0.1, 0.15) is 0 Å². The van der Waals surface area contributed by atoms with Gasteiger partial charge in [-0.2, -0.15) is 0 Å². The van der Waals surface area contributed by atoms with Crippen LogP contribution in [0.15, 0.2) is 0 Å². The molecule has 0 aromatic rings. The molecule has 0 aliphatic heterocycles. The van der Waals surface area contributed by atoms with Crippen LogP contribution in [0.3, 0.4) is 0 Å². The van der Waals surface area contributed by atoms with E-state index in [1.807, 2.05) is 0 Å². The van der Waals surface area contributed by atoms with Crippen LogP contribution in [0.2, 0.25) is 0 Å². The molecular formula is H4BaOPtWY. The van der Waals surface area contributed by atoms with Crippen LogP contribution >= 0.6 is 0 Å². The van der Waals surface area contributed by atoms with Gasteiger partial charge >= 0.3 is 48.9 Å². The van der Waals surface area contributed by atoms with Gasteiger partial charge in [0, 0.05) is 74.8 Å². The molecule has 0 saturated heterocycles. The van der Waals surface area contributed by atoms with Gasteiger partial charge in [0.15, 0.2) is 0 Å². The zero-order valence-corrected chi connectivity index (χ0v) is 15.0. The van der Waals surface area contributed by atoms with Crippen molar-refractivity contribution in [2.45, 2.75) is 0 Å². The molecule has 0 spiro atoms. The molecule has 0 bridgehead atoms. The summed E-state index contributed by atoms with van der Waals surface area (Å²) in [5.41, 5.74) is 0. The van der Waals surface area contributed by atoms with E-state index in [1.165, 1.54) is 0 Å². The average Bonchev–Trinajstić information content (AvgIpc) is 0. The molecule has 0 aliphatic carbocycles. The molecule has 0 heterocycles. The second kappa shape index (κ2) is 24.5. The van der Waals surface area contributed by atoms with Gasteiger partial charge in [0.05, 0.1) is 0 Å². The van der Waals surface area contributed by atoms with Crippen LogP contribution in [0.4, 0.5) is 0 Å². The zero-order chi connectivity index (χ0) is 0. The smallest absolute Gasteiger partial charge is 1.00 e. The van der Waals surface area contributed by atoms with Gasteiger partial charge in [0.2, 0.25) is 0 Å². The summed E-state index contributed by atoms with van der Waals surface area (Å²) >= 11 is 0. The molecule has 5 heteroatoms. The third kappa shape index (κ3) is 18.0. The maximum absolute atomic E-state index is 0. The number of hydrogen-bond donors (Lipinski definition) is 0. The SMILES string of the molecule is O.[Ba+2].[H-].[H-].[Pt].[W].[Y]. The first-order valence-corrected chi connectivity index (χ1v) is 0. The maximum atomic E-state index is 0. The first kappa shape index (κ1) is 35.9. The molecule has 5 heavy (non-hydrogen) atoms. The molecule has 1 radical (unpaired) electrons. The van der Waals surface area contributed by atoms with E-state index >= 15 is 0 Å². The fourth-order valence-electron chi connectivity index (χ4n) is 0. The Kier molecular flexibility index (Phi) is 176. The van der Waals surface area contributed by atoms with E-state index in [4.69, 9.17) is 0 Å². The molecule has 0 amide bonds. The predicted molar refractivity (Wildman–Crippen MR) is 11.6 cm³/mol. The van der Waals surface area contributed by atoms with Crippen molar-refractivity contribution in [1.29, 1.82) is 0 Å². The molecule has 0 unspecified atom stereocenters. The molecule has 31 valence electrons.